The van der Waals surface area contributed by atoms with Crippen LogP contribution in [0.3, 0.4) is 0 Å². The fourth-order valence-corrected chi connectivity index (χ4v) is 1.20. The molecule has 0 aliphatic rings. The van der Waals surface area contributed by atoms with Crippen LogP contribution in [0.15, 0.2) is 29.4 Å². The van der Waals surface area contributed by atoms with Gasteiger partial charge in [-0.3, -0.25) is 0 Å². The summed E-state index contributed by atoms with van der Waals surface area (Å²) < 4.78 is 0. The molecule has 4 nitrogen and oxygen atoms in total. The zero-order valence-electron chi connectivity index (χ0n) is 8.44. The van der Waals surface area contributed by atoms with Crippen LogP contribution in [0, 0.1) is 6.92 Å². The number of nitrogens with zero attached hydrogens (tertiary/aromatic N) is 2. The molecule has 0 fully saturated rings. The topological polar surface area (TPSA) is 61.8 Å². The van der Waals surface area contributed by atoms with E-state index in [0.717, 1.165) is 0 Å². The third-order valence-electron chi connectivity index (χ3n) is 2.16. The highest BCUT2D eigenvalue weighted by atomic mass is 16.4. The molecule has 1 aromatic rings. The quantitative estimate of drug-likeness (QED) is 0.320. The van der Waals surface area contributed by atoms with E-state index in [4.69, 9.17) is 10.9 Å². The van der Waals surface area contributed by atoms with E-state index in [1.807, 2.05) is 31.2 Å². The number of hydrogen-bond donors (Lipinski definition) is 2. The zero-order valence-corrected chi connectivity index (χ0v) is 8.44. The summed E-state index contributed by atoms with van der Waals surface area (Å²) in [5.41, 5.74) is 7.81. The molecule has 0 bridgehead atoms. The minimum absolute atomic E-state index is 0.119. The standard InChI is InChI=1S/C10H15N3O/c1-8-5-3-4-6-9(8)7-13(2)10(11)12-14/h3-6,14H,7H2,1-2H3,(H2,11,12). The van der Waals surface area contributed by atoms with Gasteiger partial charge in [-0.2, -0.15) is 0 Å². The van der Waals surface area contributed by atoms with Gasteiger partial charge in [0.1, 0.15) is 0 Å². The van der Waals surface area contributed by atoms with Crippen molar-refractivity contribution >= 4 is 5.96 Å². The number of nitrogens with two attached hydrogens (primary N) is 1. The zero-order chi connectivity index (χ0) is 10.6. The molecule has 0 atom stereocenters. The molecule has 0 spiro atoms. The van der Waals surface area contributed by atoms with Crippen LogP contribution in [-0.4, -0.2) is 23.1 Å². The minimum Gasteiger partial charge on any atom is -0.408 e. The van der Waals surface area contributed by atoms with Crippen molar-refractivity contribution in [2.45, 2.75) is 13.5 Å². The van der Waals surface area contributed by atoms with Crippen molar-refractivity contribution in [2.24, 2.45) is 10.9 Å². The highest BCUT2D eigenvalue weighted by molar-refractivity contribution is 5.77. The van der Waals surface area contributed by atoms with Crippen LogP contribution in [0.2, 0.25) is 0 Å². The average Bonchev–Trinajstić information content (AvgIpc) is 2.20. The van der Waals surface area contributed by atoms with Crippen LogP contribution in [0.4, 0.5) is 0 Å². The first kappa shape index (κ1) is 10.4. The van der Waals surface area contributed by atoms with E-state index in [1.165, 1.54) is 11.1 Å². The molecule has 0 aromatic heterocycles. The Morgan fingerprint density at radius 3 is 2.71 bits per heavy atom. The molecule has 0 radical (unpaired) electrons. The molecule has 0 aliphatic carbocycles. The molecule has 0 heterocycles. The highest BCUT2D eigenvalue weighted by Gasteiger charge is 2.04. The predicted octanol–water partition coefficient (Wildman–Crippen LogP) is 1.13. The van der Waals surface area contributed by atoms with E-state index in [2.05, 4.69) is 5.16 Å². The molecule has 4 heteroatoms. The van der Waals surface area contributed by atoms with E-state index in [9.17, 15) is 0 Å². The van der Waals surface area contributed by atoms with Crippen molar-refractivity contribution in [2.75, 3.05) is 7.05 Å². The summed E-state index contributed by atoms with van der Waals surface area (Å²) in [6.07, 6.45) is 0. The number of guanidine groups is 1. The van der Waals surface area contributed by atoms with Crippen LogP contribution in [-0.2, 0) is 6.54 Å². The number of rotatable bonds is 2. The Kier molecular flexibility index (Phi) is 3.34. The smallest absolute Gasteiger partial charge is 0.233 e. The number of oxime groups is 1. The maximum Gasteiger partial charge on any atom is 0.233 e. The monoisotopic (exact) mass is 193 g/mol. The molecule has 1 aromatic carbocycles. The molecular formula is C10H15N3O. The first-order chi connectivity index (χ1) is 6.65. The lowest BCUT2D eigenvalue weighted by Gasteiger charge is -2.17. The van der Waals surface area contributed by atoms with Gasteiger partial charge < -0.3 is 15.8 Å². The van der Waals surface area contributed by atoms with Gasteiger partial charge in [0.2, 0.25) is 5.96 Å². The van der Waals surface area contributed by atoms with Crippen molar-refractivity contribution in [3.05, 3.63) is 35.4 Å². The Labute approximate surface area is 83.6 Å². The lowest BCUT2D eigenvalue weighted by molar-refractivity contribution is 0.304. The van der Waals surface area contributed by atoms with Crippen molar-refractivity contribution in [3.8, 4) is 0 Å². The molecule has 14 heavy (non-hydrogen) atoms. The summed E-state index contributed by atoms with van der Waals surface area (Å²) in [6, 6.07) is 8.02. The number of aryl methyl sites for hydroxylation is 1. The lowest BCUT2D eigenvalue weighted by Crippen LogP contribution is -2.33. The fourth-order valence-electron chi connectivity index (χ4n) is 1.20. The van der Waals surface area contributed by atoms with E-state index in [-0.39, 0.29) is 5.96 Å². The van der Waals surface area contributed by atoms with E-state index in [1.54, 1.807) is 11.9 Å². The third-order valence-corrected chi connectivity index (χ3v) is 2.16. The van der Waals surface area contributed by atoms with E-state index >= 15 is 0 Å². The largest absolute Gasteiger partial charge is 0.408 e. The minimum atomic E-state index is 0.119. The van der Waals surface area contributed by atoms with Crippen LogP contribution >= 0.6 is 0 Å². The van der Waals surface area contributed by atoms with Crippen LogP contribution in [0.25, 0.3) is 0 Å². The van der Waals surface area contributed by atoms with Crippen molar-refractivity contribution in [1.82, 2.24) is 4.90 Å². The molecule has 0 aliphatic heterocycles. The van der Waals surface area contributed by atoms with Gasteiger partial charge in [0.05, 0.1) is 0 Å². The predicted molar refractivity (Wildman–Crippen MR) is 56.1 cm³/mol. The summed E-state index contributed by atoms with van der Waals surface area (Å²) in [4.78, 5) is 1.68. The Hall–Kier alpha value is -1.71. The molecule has 0 saturated heterocycles. The van der Waals surface area contributed by atoms with E-state index in [0.29, 0.717) is 6.54 Å². The van der Waals surface area contributed by atoms with Gasteiger partial charge in [-0.25, -0.2) is 0 Å². The SMILES string of the molecule is Cc1ccccc1CN(C)C(N)=NO. The van der Waals surface area contributed by atoms with Crippen LogP contribution < -0.4 is 5.73 Å². The van der Waals surface area contributed by atoms with Crippen molar-refractivity contribution in [1.29, 1.82) is 0 Å². The number of hydrogen-bond acceptors (Lipinski definition) is 2. The van der Waals surface area contributed by atoms with E-state index < -0.39 is 0 Å². The maximum absolute atomic E-state index is 8.47. The summed E-state index contributed by atoms with van der Waals surface area (Å²) in [5.74, 6) is 0.119. The molecular weight excluding hydrogens is 178 g/mol. The van der Waals surface area contributed by atoms with Gasteiger partial charge in [-0.15, -0.1) is 0 Å². The van der Waals surface area contributed by atoms with Gasteiger partial charge >= 0.3 is 0 Å². The van der Waals surface area contributed by atoms with Gasteiger partial charge in [0, 0.05) is 13.6 Å². The lowest BCUT2D eigenvalue weighted by atomic mass is 10.1. The second kappa shape index (κ2) is 4.50. The molecule has 3 N–H and O–H groups in total. The first-order valence-electron chi connectivity index (χ1n) is 4.38. The summed E-state index contributed by atoms with van der Waals surface area (Å²) in [7, 11) is 1.78. The van der Waals surface area contributed by atoms with Gasteiger partial charge in [0.15, 0.2) is 0 Å². The molecule has 0 unspecified atom stereocenters. The summed E-state index contributed by atoms with van der Waals surface area (Å²) in [5, 5.41) is 11.4. The Balaban J connectivity index is 2.74. The summed E-state index contributed by atoms with van der Waals surface area (Å²) in [6.45, 7) is 2.68. The van der Waals surface area contributed by atoms with Crippen LogP contribution in [0.1, 0.15) is 11.1 Å². The summed E-state index contributed by atoms with van der Waals surface area (Å²) >= 11 is 0. The van der Waals surface area contributed by atoms with Gasteiger partial charge in [-0.1, -0.05) is 29.4 Å². The average molecular weight is 193 g/mol. The van der Waals surface area contributed by atoms with Gasteiger partial charge in [-0.05, 0) is 18.1 Å². The first-order valence-corrected chi connectivity index (χ1v) is 4.38. The number of benzene rings is 1. The Bertz CT molecular complexity index is 336. The fraction of sp³-hybridized carbons (Fsp3) is 0.300. The molecule has 1 rings (SSSR count). The Morgan fingerprint density at radius 1 is 1.50 bits per heavy atom. The maximum atomic E-state index is 8.47. The van der Waals surface area contributed by atoms with Gasteiger partial charge in [0.25, 0.3) is 0 Å². The molecule has 0 saturated carbocycles. The Morgan fingerprint density at radius 2 is 2.14 bits per heavy atom. The highest BCUT2D eigenvalue weighted by Crippen LogP contribution is 2.08. The van der Waals surface area contributed by atoms with Crippen molar-refractivity contribution in [3.63, 3.8) is 0 Å². The molecule has 76 valence electrons. The molecule has 0 amide bonds. The third kappa shape index (κ3) is 2.39. The second-order valence-electron chi connectivity index (χ2n) is 3.24. The second-order valence-corrected chi connectivity index (χ2v) is 3.24. The van der Waals surface area contributed by atoms with Crippen LogP contribution in [0.5, 0.6) is 0 Å². The normalized spacial score (nSPS) is 11.4. The van der Waals surface area contributed by atoms with Crippen molar-refractivity contribution < 1.29 is 5.21 Å².